The first kappa shape index (κ1) is 20.1. The summed E-state index contributed by atoms with van der Waals surface area (Å²) < 4.78 is 14.3. The van der Waals surface area contributed by atoms with Gasteiger partial charge in [-0.15, -0.1) is 0 Å². The van der Waals surface area contributed by atoms with Crippen LogP contribution in [0.15, 0.2) is 22.8 Å². The molecule has 4 heteroatoms. The number of hydrogen-bond acceptors (Lipinski definition) is 3. The van der Waals surface area contributed by atoms with Gasteiger partial charge < -0.3 is 0 Å². The predicted octanol–water partition coefficient (Wildman–Crippen LogP) is 4.68. The summed E-state index contributed by atoms with van der Waals surface area (Å²) >= 11 is -1.90. The first-order chi connectivity index (χ1) is 10.3. The van der Waals surface area contributed by atoms with E-state index in [0.29, 0.717) is 0 Å². The normalized spacial score (nSPS) is 31.4. The second-order valence-electron chi connectivity index (χ2n) is 6.50. The van der Waals surface area contributed by atoms with Crippen LogP contribution in [0.3, 0.4) is 0 Å². The maximum atomic E-state index is 4.77. The van der Waals surface area contributed by atoms with Crippen molar-refractivity contribution in [3.63, 3.8) is 0 Å². The van der Waals surface area contributed by atoms with E-state index in [0.717, 1.165) is 23.7 Å². The molecule has 0 N–H and O–H groups in total. The van der Waals surface area contributed by atoms with E-state index in [9.17, 15) is 0 Å². The van der Waals surface area contributed by atoms with Gasteiger partial charge in [0.05, 0.1) is 0 Å². The summed E-state index contributed by atoms with van der Waals surface area (Å²) in [6.45, 7) is 14.2. The zero-order chi connectivity index (χ0) is 17.0. The van der Waals surface area contributed by atoms with Crippen LogP contribution in [0.5, 0.6) is 0 Å². The zero-order valence-corrected chi connectivity index (χ0v) is 17.2. The summed E-state index contributed by atoms with van der Waals surface area (Å²) in [5, 5.41) is 0. The van der Waals surface area contributed by atoms with E-state index in [1.807, 2.05) is 0 Å². The molecule has 0 amide bonds. The second kappa shape index (κ2) is 8.79. The Labute approximate surface area is 144 Å². The molecule has 2 aliphatic carbocycles. The fraction of sp³-hybridized carbons (Fsp3) is 0.722. The molecule has 2 aliphatic rings. The van der Waals surface area contributed by atoms with Gasteiger partial charge in [-0.3, -0.25) is 0 Å². The molecule has 0 spiro atoms. The molecule has 4 unspecified atom stereocenters. The van der Waals surface area contributed by atoms with Crippen molar-refractivity contribution in [3.8, 4) is 0 Å². The Kier molecular flexibility index (Phi) is 8.04. The van der Waals surface area contributed by atoms with Crippen LogP contribution in [-0.4, -0.2) is 21.3 Å². The molecule has 0 fully saturated rings. The Morgan fingerprint density at radius 1 is 0.773 bits per heavy atom. The van der Waals surface area contributed by atoms with Crippen molar-refractivity contribution in [3.05, 3.63) is 28.7 Å². The fourth-order valence-corrected chi connectivity index (χ4v) is 4.58. The summed E-state index contributed by atoms with van der Waals surface area (Å²) in [4.78, 5) is 0. The Hall–Kier alpha value is 0.0743. The van der Waals surface area contributed by atoms with Crippen molar-refractivity contribution in [1.82, 2.24) is 0 Å². The topological polar surface area (TPSA) is 27.7 Å². The Balaban J connectivity index is 0.000000295. The average molecular weight is 344 g/mol. The molecule has 0 aliphatic heterocycles. The second-order valence-corrected chi connectivity index (χ2v) is 9.19. The van der Waals surface area contributed by atoms with Gasteiger partial charge in [0.1, 0.15) is 0 Å². The summed E-state index contributed by atoms with van der Waals surface area (Å²) in [5.74, 6) is 4.61. The molecule has 22 heavy (non-hydrogen) atoms. The molecule has 0 heterocycles. The van der Waals surface area contributed by atoms with Gasteiger partial charge in [0.2, 0.25) is 0 Å². The molecule has 0 aromatic heterocycles. The zero-order valence-electron chi connectivity index (χ0n) is 15.6. The van der Waals surface area contributed by atoms with Gasteiger partial charge in [-0.05, 0) is 36.2 Å². The van der Waals surface area contributed by atoms with Crippen molar-refractivity contribution in [2.24, 2.45) is 23.7 Å². The summed E-state index contributed by atoms with van der Waals surface area (Å²) in [6.07, 6.45) is 2.38. The van der Waals surface area contributed by atoms with E-state index >= 15 is 0 Å². The molecule has 126 valence electrons. The Morgan fingerprint density at radius 3 is 1.55 bits per heavy atom. The number of rotatable bonds is 3. The Morgan fingerprint density at radius 2 is 1.18 bits per heavy atom. The van der Waals surface area contributed by atoms with E-state index in [1.54, 1.807) is 32.5 Å². The first-order valence-corrected chi connectivity index (χ1v) is 9.96. The molecule has 2 rings (SSSR count). The molecular weight excluding hydrogens is 312 g/mol. The van der Waals surface area contributed by atoms with Gasteiger partial charge in [0.25, 0.3) is 0 Å². The minimum atomic E-state index is -1.90. The third kappa shape index (κ3) is 4.13. The molecule has 0 aromatic rings. The monoisotopic (exact) mass is 344 g/mol. The van der Waals surface area contributed by atoms with Crippen LogP contribution in [-0.2, 0) is 29.0 Å². The van der Waals surface area contributed by atoms with E-state index in [4.69, 9.17) is 9.96 Å². The number of allylic oxidation sites excluding steroid dienone is 4. The summed E-state index contributed by atoms with van der Waals surface area (Å²) in [7, 11) is 4.76. The standard InChI is InChI=1S/C15H23.3CH3O.Ti/c1-8-7-9(2)15-13(6)11(4)10(3)12(5)14(8)15;3*1-2;/h7,10-13H,1-6H3;3*1H3;/q;3*-1;+3. The quantitative estimate of drug-likeness (QED) is 0.696. The molecule has 4 atom stereocenters. The molecule has 0 saturated carbocycles. The molecule has 0 saturated heterocycles. The molecule has 3 nitrogen and oxygen atoms in total. The van der Waals surface area contributed by atoms with E-state index in [-0.39, 0.29) is 0 Å². The Bertz CT molecular complexity index is 421. The van der Waals surface area contributed by atoms with Gasteiger partial charge in [0.15, 0.2) is 0 Å². The van der Waals surface area contributed by atoms with Crippen LogP contribution in [0, 0.1) is 29.6 Å². The van der Waals surface area contributed by atoms with E-state index in [1.165, 1.54) is 11.5 Å². The van der Waals surface area contributed by atoms with Gasteiger partial charge in [-0.2, -0.15) is 0 Å². The SMILES string of the molecule is C[C]1C=C(C)C2=C1C(C)C(C)C(C)C2C.C[O][Ti]([O]C)[O]C. The van der Waals surface area contributed by atoms with Crippen LogP contribution in [0.1, 0.15) is 41.5 Å². The van der Waals surface area contributed by atoms with Crippen molar-refractivity contribution in [2.45, 2.75) is 41.5 Å². The minimum absolute atomic E-state index is 0.736. The summed E-state index contributed by atoms with van der Waals surface area (Å²) in [5.41, 5.74) is 4.83. The number of hydrogen-bond donors (Lipinski definition) is 0. The molecule has 0 bridgehead atoms. The van der Waals surface area contributed by atoms with Crippen molar-refractivity contribution >= 4 is 0 Å². The van der Waals surface area contributed by atoms with Gasteiger partial charge in [-0.1, -0.05) is 51.8 Å². The van der Waals surface area contributed by atoms with Crippen LogP contribution in [0.2, 0.25) is 0 Å². The van der Waals surface area contributed by atoms with Crippen LogP contribution < -0.4 is 0 Å². The van der Waals surface area contributed by atoms with E-state index in [2.05, 4.69) is 47.6 Å². The molecule has 1 radical (unpaired) electrons. The first-order valence-electron chi connectivity index (χ1n) is 8.05. The summed E-state index contributed by atoms with van der Waals surface area (Å²) in [6, 6.07) is 0. The third-order valence-electron chi connectivity index (χ3n) is 5.39. The molecule has 0 aromatic carbocycles. The fourth-order valence-electron chi connectivity index (χ4n) is 3.80. The van der Waals surface area contributed by atoms with Gasteiger partial charge in [-0.25, -0.2) is 0 Å². The van der Waals surface area contributed by atoms with Crippen molar-refractivity contribution < 1.29 is 29.0 Å². The van der Waals surface area contributed by atoms with Crippen LogP contribution in [0.4, 0.5) is 0 Å². The van der Waals surface area contributed by atoms with Gasteiger partial charge >= 0.3 is 50.3 Å². The third-order valence-corrected chi connectivity index (χ3v) is 6.95. The average Bonchev–Trinajstić information content (AvgIpc) is 2.80. The van der Waals surface area contributed by atoms with Crippen molar-refractivity contribution in [1.29, 1.82) is 0 Å². The molecular formula is C18H32O3Ti. The van der Waals surface area contributed by atoms with Crippen LogP contribution >= 0.6 is 0 Å². The van der Waals surface area contributed by atoms with E-state index < -0.39 is 19.0 Å². The van der Waals surface area contributed by atoms with Gasteiger partial charge in [0, 0.05) is 5.92 Å². The maximum absolute atomic E-state index is 4.77. The van der Waals surface area contributed by atoms with Crippen LogP contribution in [0.25, 0.3) is 0 Å². The predicted molar refractivity (Wildman–Crippen MR) is 87.4 cm³/mol. The van der Waals surface area contributed by atoms with Crippen molar-refractivity contribution in [2.75, 3.05) is 21.3 Å².